The van der Waals surface area contributed by atoms with Gasteiger partial charge < -0.3 is 15.2 Å². The molecule has 0 saturated heterocycles. The molecule has 0 bridgehead atoms. The summed E-state index contributed by atoms with van der Waals surface area (Å²) in [5, 5.41) is 12.4. The van der Waals surface area contributed by atoms with Crippen molar-refractivity contribution in [2.45, 2.75) is 25.7 Å². The first-order chi connectivity index (χ1) is 12.9. The maximum atomic E-state index is 12.6. The fourth-order valence-electron chi connectivity index (χ4n) is 2.11. The third kappa shape index (κ3) is 5.01. The Bertz CT molecular complexity index is 992. The number of esters is 1. The van der Waals surface area contributed by atoms with E-state index in [0.29, 0.717) is 5.69 Å². The van der Waals surface area contributed by atoms with Gasteiger partial charge in [0.25, 0.3) is 10.0 Å². The smallest absolute Gasteiger partial charge is 0.341 e. The molecule has 28 heavy (non-hydrogen) atoms. The van der Waals surface area contributed by atoms with Gasteiger partial charge in [0.2, 0.25) is 5.91 Å². The Labute approximate surface area is 163 Å². The Hall–Kier alpha value is -3.07. The molecule has 0 heterocycles. The number of anilines is 2. The minimum Gasteiger partial charge on any atom is -0.507 e. The van der Waals surface area contributed by atoms with Crippen LogP contribution in [-0.4, -0.2) is 32.5 Å². The quantitative estimate of drug-likeness (QED) is 0.656. The second-order valence-electron chi connectivity index (χ2n) is 7.06. The molecule has 8 nitrogen and oxygen atoms in total. The third-order valence-electron chi connectivity index (χ3n) is 3.76. The van der Waals surface area contributed by atoms with Gasteiger partial charge in [-0.15, -0.1) is 0 Å². The van der Waals surface area contributed by atoms with E-state index in [-0.39, 0.29) is 27.8 Å². The van der Waals surface area contributed by atoms with Crippen LogP contribution in [0.2, 0.25) is 0 Å². The molecule has 1 amide bonds. The number of benzene rings is 2. The highest BCUT2D eigenvalue weighted by molar-refractivity contribution is 7.92. The molecule has 0 fully saturated rings. The normalized spacial score (nSPS) is 11.6. The molecule has 2 aromatic rings. The largest absolute Gasteiger partial charge is 0.507 e. The lowest BCUT2D eigenvalue weighted by Gasteiger charge is -2.17. The zero-order valence-electron chi connectivity index (χ0n) is 15.9. The molecule has 0 aliphatic carbocycles. The Balaban J connectivity index is 2.21. The number of rotatable bonds is 5. The Morgan fingerprint density at radius 3 is 2.11 bits per heavy atom. The van der Waals surface area contributed by atoms with Gasteiger partial charge in [0.05, 0.1) is 12.0 Å². The number of hydrogen-bond acceptors (Lipinski definition) is 6. The van der Waals surface area contributed by atoms with E-state index in [0.717, 1.165) is 19.2 Å². The van der Waals surface area contributed by atoms with E-state index in [4.69, 9.17) is 0 Å². The van der Waals surface area contributed by atoms with E-state index in [2.05, 4.69) is 14.8 Å². The van der Waals surface area contributed by atoms with Gasteiger partial charge in [-0.3, -0.25) is 9.52 Å². The monoisotopic (exact) mass is 406 g/mol. The zero-order chi connectivity index (χ0) is 21.1. The van der Waals surface area contributed by atoms with E-state index in [9.17, 15) is 23.1 Å². The summed E-state index contributed by atoms with van der Waals surface area (Å²) in [6, 6.07) is 9.43. The number of nitrogens with one attached hydrogen (secondary N) is 2. The lowest BCUT2D eigenvalue weighted by Crippen LogP contribution is -2.27. The van der Waals surface area contributed by atoms with Gasteiger partial charge in [-0.25, -0.2) is 13.2 Å². The van der Waals surface area contributed by atoms with E-state index in [1.165, 1.54) is 18.2 Å². The van der Waals surface area contributed by atoms with Crippen LogP contribution in [0.3, 0.4) is 0 Å². The summed E-state index contributed by atoms with van der Waals surface area (Å²) >= 11 is 0. The van der Waals surface area contributed by atoms with Crippen LogP contribution in [0, 0.1) is 5.41 Å². The number of ether oxygens (including phenoxy) is 1. The van der Waals surface area contributed by atoms with Crippen molar-refractivity contribution >= 4 is 33.3 Å². The van der Waals surface area contributed by atoms with Gasteiger partial charge >= 0.3 is 5.97 Å². The molecule has 9 heteroatoms. The molecule has 3 N–H and O–H groups in total. The zero-order valence-corrected chi connectivity index (χ0v) is 16.8. The van der Waals surface area contributed by atoms with E-state index in [1.807, 2.05) is 0 Å². The maximum Gasteiger partial charge on any atom is 0.341 e. The lowest BCUT2D eigenvalue weighted by atomic mass is 9.95. The molecule has 0 spiro atoms. The highest BCUT2D eigenvalue weighted by Gasteiger charge is 2.22. The van der Waals surface area contributed by atoms with Crippen molar-refractivity contribution < 1.29 is 27.9 Å². The lowest BCUT2D eigenvalue weighted by molar-refractivity contribution is -0.123. The number of methoxy groups -OCH3 is 1. The van der Waals surface area contributed by atoms with Gasteiger partial charge in [0.1, 0.15) is 11.3 Å². The van der Waals surface area contributed by atoms with Gasteiger partial charge in [-0.1, -0.05) is 20.8 Å². The van der Waals surface area contributed by atoms with Crippen LogP contribution < -0.4 is 10.0 Å². The molecule has 0 atom stereocenters. The molecule has 0 radical (unpaired) electrons. The molecule has 2 aromatic carbocycles. The number of carbonyl (C=O) groups excluding carboxylic acids is 2. The standard InChI is InChI=1S/C19H22N2O6S/c1-19(2,3)18(24)20-12-5-7-13(8-6-12)21-28(25,26)14-9-10-16(22)15(11-14)17(23)27-4/h5-11,21-22H,1-4H3,(H,20,24). The van der Waals surface area contributed by atoms with E-state index in [1.54, 1.807) is 32.9 Å². The van der Waals surface area contributed by atoms with Crippen molar-refractivity contribution in [1.29, 1.82) is 0 Å². The molecule has 0 saturated carbocycles. The summed E-state index contributed by atoms with van der Waals surface area (Å²) in [4.78, 5) is 23.4. The van der Waals surface area contributed by atoms with Crippen LogP contribution in [0.1, 0.15) is 31.1 Å². The average molecular weight is 406 g/mol. The summed E-state index contributed by atoms with van der Waals surface area (Å²) in [7, 11) is -2.88. The van der Waals surface area contributed by atoms with Crippen LogP contribution in [0.25, 0.3) is 0 Å². The first-order valence-electron chi connectivity index (χ1n) is 8.30. The highest BCUT2D eigenvalue weighted by atomic mass is 32.2. The van der Waals surface area contributed by atoms with Crippen LogP contribution in [0.4, 0.5) is 11.4 Å². The molecule has 2 rings (SSSR count). The SMILES string of the molecule is COC(=O)c1cc(S(=O)(=O)Nc2ccc(NC(=O)C(C)(C)C)cc2)ccc1O. The number of phenols is 1. The summed E-state index contributed by atoms with van der Waals surface area (Å²) in [6.07, 6.45) is 0. The van der Waals surface area contributed by atoms with Crippen molar-refractivity contribution in [3.05, 3.63) is 48.0 Å². The predicted molar refractivity (Wildman–Crippen MR) is 105 cm³/mol. The minimum atomic E-state index is -4.01. The van der Waals surface area contributed by atoms with Crippen LogP contribution in [0.15, 0.2) is 47.4 Å². The predicted octanol–water partition coefficient (Wildman–Crippen LogP) is 2.96. The van der Waals surface area contributed by atoms with Crippen molar-refractivity contribution in [2.24, 2.45) is 5.41 Å². The van der Waals surface area contributed by atoms with E-state index >= 15 is 0 Å². The number of phenolic OH excluding ortho intramolecular Hbond substituents is 1. The number of carbonyl (C=O) groups is 2. The maximum absolute atomic E-state index is 12.6. The van der Waals surface area contributed by atoms with Crippen LogP contribution >= 0.6 is 0 Å². The van der Waals surface area contributed by atoms with Gasteiger partial charge in [-0.05, 0) is 42.5 Å². The molecule has 0 aliphatic rings. The molecule has 0 aliphatic heterocycles. The van der Waals surface area contributed by atoms with Crippen molar-refractivity contribution in [2.75, 3.05) is 17.1 Å². The number of hydrogen-bond donors (Lipinski definition) is 3. The molecular formula is C19H22N2O6S. The topological polar surface area (TPSA) is 122 Å². The van der Waals surface area contributed by atoms with Crippen molar-refractivity contribution in [1.82, 2.24) is 0 Å². The summed E-state index contributed by atoms with van der Waals surface area (Å²) in [5.41, 5.74) is -0.0243. The highest BCUT2D eigenvalue weighted by Crippen LogP contribution is 2.25. The number of aromatic hydroxyl groups is 1. The van der Waals surface area contributed by atoms with Gasteiger partial charge in [0, 0.05) is 16.8 Å². The summed E-state index contributed by atoms with van der Waals surface area (Å²) < 4.78 is 32.0. The van der Waals surface area contributed by atoms with Crippen molar-refractivity contribution in [3.8, 4) is 5.75 Å². The molecule has 0 aromatic heterocycles. The summed E-state index contributed by atoms with van der Waals surface area (Å²) in [6.45, 7) is 5.35. The van der Waals surface area contributed by atoms with Gasteiger partial charge in [0.15, 0.2) is 0 Å². The first-order valence-corrected chi connectivity index (χ1v) is 9.78. The molecular weight excluding hydrogens is 384 g/mol. The van der Waals surface area contributed by atoms with Crippen LogP contribution in [0.5, 0.6) is 5.75 Å². The second kappa shape index (κ2) is 7.89. The average Bonchev–Trinajstić information content (AvgIpc) is 2.61. The number of sulfonamides is 1. The Morgan fingerprint density at radius 2 is 1.57 bits per heavy atom. The van der Waals surface area contributed by atoms with Crippen LogP contribution in [-0.2, 0) is 19.6 Å². The van der Waals surface area contributed by atoms with Crippen molar-refractivity contribution in [3.63, 3.8) is 0 Å². The first kappa shape index (κ1) is 21.2. The Morgan fingerprint density at radius 1 is 1.00 bits per heavy atom. The molecule has 0 unspecified atom stereocenters. The number of amides is 1. The fraction of sp³-hybridized carbons (Fsp3) is 0.263. The summed E-state index contributed by atoms with van der Waals surface area (Å²) in [5.74, 6) is -1.40. The molecule has 150 valence electrons. The second-order valence-corrected chi connectivity index (χ2v) is 8.74. The van der Waals surface area contributed by atoms with E-state index < -0.39 is 21.4 Å². The fourth-order valence-corrected chi connectivity index (χ4v) is 3.19. The minimum absolute atomic E-state index is 0.166. The Kier molecular flexibility index (Phi) is 5.98. The third-order valence-corrected chi connectivity index (χ3v) is 5.14. The van der Waals surface area contributed by atoms with Gasteiger partial charge in [-0.2, -0.15) is 0 Å².